The first kappa shape index (κ1) is 17.5. The Morgan fingerprint density at radius 2 is 2.12 bits per heavy atom. The van der Waals surface area contributed by atoms with Crippen molar-refractivity contribution in [3.63, 3.8) is 0 Å². The largest absolute Gasteiger partial charge is 0.350 e. The van der Waals surface area contributed by atoms with Gasteiger partial charge in [0.15, 0.2) is 5.69 Å². The third-order valence-corrected chi connectivity index (χ3v) is 4.78. The molecule has 1 aromatic carbocycles. The number of halogens is 1. The summed E-state index contributed by atoms with van der Waals surface area (Å²) >= 11 is 0. The first-order valence-electron chi connectivity index (χ1n) is 8.72. The van der Waals surface area contributed by atoms with Gasteiger partial charge >= 0.3 is 0 Å². The Labute approximate surface area is 146 Å². The Morgan fingerprint density at radius 3 is 2.84 bits per heavy atom. The molecule has 7 heteroatoms. The number of hydrogen-bond donors (Lipinski definition) is 2. The number of aryl methyl sites for hydroxylation is 1. The van der Waals surface area contributed by atoms with Gasteiger partial charge in [-0.05, 0) is 69.5 Å². The van der Waals surface area contributed by atoms with Gasteiger partial charge in [0.2, 0.25) is 0 Å². The van der Waals surface area contributed by atoms with Crippen LogP contribution in [-0.2, 0) is 6.42 Å². The van der Waals surface area contributed by atoms with E-state index in [0.717, 1.165) is 42.8 Å². The van der Waals surface area contributed by atoms with Crippen molar-refractivity contribution in [2.75, 3.05) is 19.6 Å². The van der Waals surface area contributed by atoms with Gasteiger partial charge in [-0.1, -0.05) is 11.3 Å². The summed E-state index contributed by atoms with van der Waals surface area (Å²) in [4.78, 5) is 12.4. The lowest BCUT2D eigenvalue weighted by Crippen LogP contribution is -2.30. The van der Waals surface area contributed by atoms with Gasteiger partial charge in [-0.15, -0.1) is 5.10 Å². The van der Waals surface area contributed by atoms with Crippen molar-refractivity contribution < 1.29 is 9.18 Å². The minimum absolute atomic E-state index is 0.211. The molecule has 0 unspecified atom stereocenters. The van der Waals surface area contributed by atoms with E-state index in [-0.39, 0.29) is 11.7 Å². The number of hydrogen-bond acceptors (Lipinski definition) is 4. The second kappa shape index (κ2) is 7.74. The molecule has 2 aromatic rings. The van der Waals surface area contributed by atoms with Crippen LogP contribution < -0.4 is 10.6 Å². The highest BCUT2D eigenvalue weighted by molar-refractivity contribution is 5.93. The lowest BCUT2D eigenvalue weighted by Gasteiger charge is -2.23. The first-order valence-corrected chi connectivity index (χ1v) is 8.72. The summed E-state index contributed by atoms with van der Waals surface area (Å²) in [6.45, 7) is 6.16. The van der Waals surface area contributed by atoms with Crippen LogP contribution >= 0.6 is 0 Å². The van der Waals surface area contributed by atoms with Crippen LogP contribution in [0.25, 0.3) is 0 Å². The van der Waals surface area contributed by atoms with Gasteiger partial charge < -0.3 is 10.6 Å². The molecule has 1 aliphatic heterocycles. The predicted molar refractivity (Wildman–Crippen MR) is 93.1 cm³/mol. The van der Waals surface area contributed by atoms with Crippen molar-refractivity contribution in [3.8, 4) is 0 Å². The van der Waals surface area contributed by atoms with E-state index in [1.807, 2.05) is 18.5 Å². The lowest BCUT2D eigenvalue weighted by atomic mass is 10.1. The average Bonchev–Trinajstić information content (AvgIpc) is 2.99. The van der Waals surface area contributed by atoms with Crippen molar-refractivity contribution >= 4 is 5.91 Å². The van der Waals surface area contributed by atoms with E-state index in [1.165, 1.54) is 12.1 Å². The maximum Gasteiger partial charge on any atom is 0.273 e. The minimum atomic E-state index is -0.240. The maximum atomic E-state index is 13.1. The Hall–Kier alpha value is -2.28. The first-order chi connectivity index (χ1) is 12.1. The predicted octanol–water partition coefficient (Wildman–Crippen LogP) is 1.93. The Morgan fingerprint density at radius 1 is 1.36 bits per heavy atom. The van der Waals surface area contributed by atoms with E-state index in [0.29, 0.717) is 24.7 Å². The van der Waals surface area contributed by atoms with Gasteiger partial charge in [0, 0.05) is 6.54 Å². The molecular formula is C18H24FN5O. The lowest BCUT2D eigenvalue weighted by molar-refractivity contribution is 0.0948. The van der Waals surface area contributed by atoms with Crippen LogP contribution in [0.15, 0.2) is 18.2 Å². The Bertz CT molecular complexity index is 752. The van der Waals surface area contributed by atoms with E-state index in [9.17, 15) is 9.18 Å². The van der Waals surface area contributed by atoms with E-state index < -0.39 is 0 Å². The molecule has 1 aliphatic rings. The summed E-state index contributed by atoms with van der Waals surface area (Å²) in [6.07, 6.45) is 2.64. The maximum absolute atomic E-state index is 13.1. The second-order valence-electron chi connectivity index (χ2n) is 6.53. The van der Waals surface area contributed by atoms with Gasteiger partial charge in [0.1, 0.15) is 5.82 Å². The third kappa shape index (κ3) is 4.04. The summed E-state index contributed by atoms with van der Waals surface area (Å²) in [7, 11) is 0. The van der Waals surface area contributed by atoms with Crippen LogP contribution in [0.2, 0.25) is 0 Å². The summed E-state index contributed by atoms with van der Waals surface area (Å²) in [5.74, 6) is -0.451. The van der Waals surface area contributed by atoms with Crippen molar-refractivity contribution in [1.82, 2.24) is 25.6 Å². The van der Waals surface area contributed by atoms with Crippen molar-refractivity contribution in [2.24, 2.45) is 0 Å². The second-order valence-corrected chi connectivity index (χ2v) is 6.53. The highest BCUT2D eigenvalue weighted by Crippen LogP contribution is 2.20. The van der Waals surface area contributed by atoms with E-state index in [1.54, 1.807) is 6.07 Å². The van der Waals surface area contributed by atoms with Crippen LogP contribution in [0.4, 0.5) is 4.39 Å². The van der Waals surface area contributed by atoms with Crippen LogP contribution in [0, 0.1) is 19.7 Å². The third-order valence-electron chi connectivity index (χ3n) is 4.78. The van der Waals surface area contributed by atoms with Crippen molar-refractivity contribution in [3.05, 3.63) is 46.5 Å². The monoisotopic (exact) mass is 345 g/mol. The van der Waals surface area contributed by atoms with Crippen molar-refractivity contribution in [2.45, 2.75) is 39.2 Å². The zero-order valence-corrected chi connectivity index (χ0v) is 14.7. The summed E-state index contributed by atoms with van der Waals surface area (Å²) in [5.41, 5.74) is 3.11. The molecular weight excluding hydrogens is 321 g/mol. The number of benzene rings is 1. The fourth-order valence-electron chi connectivity index (χ4n) is 3.28. The van der Waals surface area contributed by atoms with E-state index in [2.05, 4.69) is 20.9 Å². The van der Waals surface area contributed by atoms with Crippen LogP contribution in [-0.4, -0.2) is 40.5 Å². The molecule has 0 atom stereocenters. The molecule has 1 amide bonds. The van der Waals surface area contributed by atoms with Gasteiger partial charge in [-0.2, -0.15) is 0 Å². The van der Waals surface area contributed by atoms with Gasteiger partial charge in [0.05, 0.1) is 11.7 Å². The highest BCUT2D eigenvalue weighted by atomic mass is 19.1. The molecule has 3 rings (SSSR count). The number of aromatic nitrogens is 3. The van der Waals surface area contributed by atoms with Gasteiger partial charge in [-0.25, -0.2) is 9.07 Å². The van der Waals surface area contributed by atoms with Crippen LogP contribution in [0.1, 0.15) is 46.2 Å². The quantitative estimate of drug-likeness (QED) is 0.869. The Kier molecular flexibility index (Phi) is 5.43. The molecule has 25 heavy (non-hydrogen) atoms. The van der Waals surface area contributed by atoms with Gasteiger partial charge in [0.25, 0.3) is 5.91 Å². The molecule has 0 bridgehead atoms. The molecule has 1 saturated heterocycles. The highest BCUT2D eigenvalue weighted by Gasteiger charge is 2.22. The van der Waals surface area contributed by atoms with Crippen molar-refractivity contribution in [1.29, 1.82) is 0 Å². The number of nitrogens with one attached hydrogen (secondary N) is 2. The molecule has 1 fully saturated rings. The molecule has 0 spiro atoms. The number of amides is 1. The topological polar surface area (TPSA) is 71.8 Å². The molecule has 6 nitrogen and oxygen atoms in total. The molecule has 0 saturated carbocycles. The summed E-state index contributed by atoms with van der Waals surface area (Å²) < 4.78 is 15.0. The standard InChI is InChI=1S/C18H24FN5O/c1-12-11-15(19)4-3-14(12)5-10-21-18(25)17-13(2)24(23-22-17)16-6-8-20-9-7-16/h3-4,11,16,20H,5-10H2,1-2H3,(H,21,25). The fourth-order valence-corrected chi connectivity index (χ4v) is 3.28. The summed E-state index contributed by atoms with van der Waals surface area (Å²) in [5, 5.41) is 14.5. The molecule has 2 N–H and O–H groups in total. The van der Waals surface area contributed by atoms with Crippen LogP contribution in [0.5, 0.6) is 0 Å². The number of carbonyl (C=O) groups excluding carboxylic acids is 1. The number of rotatable bonds is 5. The number of piperidine rings is 1. The van der Waals surface area contributed by atoms with Gasteiger partial charge in [-0.3, -0.25) is 4.79 Å². The molecule has 1 aromatic heterocycles. The average molecular weight is 345 g/mol. The smallest absolute Gasteiger partial charge is 0.273 e. The molecule has 0 aliphatic carbocycles. The molecule has 0 radical (unpaired) electrons. The SMILES string of the molecule is Cc1cc(F)ccc1CCNC(=O)c1nnn(C2CCNCC2)c1C. The van der Waals surface area contributed by atoms with E-state index in [4.69, 9.17) is 0 Å². The number of carbonyl (C=O) groups is 1. The fraction of sp³-hybridized carbons (Fsp3) is 0.500. The van der Waals surface area contributed by atoms with E-state index >= 15 is 0 Å². The normalized spacial score (nSPS) is 15.3. The molecule has 2 heterocycles. The minimum Gasteiger partial charge on any atom is -0.350 e. The number of nitrogens with zero attached hydrogens (tertiary/aromatic N) is 3. The molecule has 134 valence electrons. The van der Waals surface area contributed by atoms with Crippen LogP contribution in [0.3, 0.4) is 0 Å². The Balaban J connectivity index is 1.59. The zero-order chi connectivity index (χ0) is 17.8. The zero-order valence-electron chi connectivity index (χ0n) is 14.7. The summed E-state index contributed by atoms with van der Waals surface area (Å²) in [6, 6.07) is 5.01.